The summed E-state index contributed by atoms with van der Waals surface area (Å²) in [5.41, 5.74) is 8.39. The van der Waals surface area contributed by atoms with E-state index in [2.05, 4.69) is 32.9 Å². The quantitative estimate of drug-likeness (QED) is 0.568. The number of carboxylic acids is 1. The second-order valence-electron chi connectivity index (χ2n) is 6.58. The molecule has 0 heterocycles. The Balaban J connectivity index is 2.53. The summed E-state index contributed by atoms with van der Waals surface area (Å²) in [6.07, 6.45) is 0. The predicted molar refractivity (Wildman–Crippen MR) is 108 cm³/mol. The Labute approximate surface area is 159 Å². The van der Waals surface area contributed by atoms with Gasteiger partial charge in [0, 0.05) is 10.6 Å². The van der Waals surface area contributed by atoms with Gasteiger partial charge in [0.05, 0.1) is 5.56 Å². The van der Waals surface area contributed by atoms with Gasteiger partial charge in [0.1, 0.15) is 0 Å². The highest BCUT2D eigenvalue weighted by atomic mass is 35.5. The third kappa shape index (κ3) is 2.91. The summed E-state index contributed by atoms with van der Waals surface area (Å²) in [5, 5.41) is 10.2. The van der Waals surface area contributed by atoms with E-state index in [1.807, 2.05) is 25.1 Å². The van der Waals surface area contributed by atoms with E-state index in [1.165, 1.54) is 5.56 Å². The van der Waals surface area contributed by atoms with Crippen LogP contribution in [0.5, 0.6) is 0 Å². The van der Waals surface area contributed by atoms with E-state index in [4.69, 9.17) is 11.6 Å². The van der Waals surface area contributed by atoms with Gasteiger partial charge in [-0.15, -0.1) is 0 Å². The lowest BCUT2D eigenvalue weighted by molar-refractivity contribution is 0.0697. The summed E-state index contributed by atoms with van der Waals surface area (Å²) >= 11 is 6.52. The molecular weight excluding hydrogens is 344 g/mol. The summed E-state index contributed by atoms with van der Waals surface area (Å²) in [4.78, 5) is 11.9. The molecule has 0 saturated heterocycles. The predicted octanol–water partition coefficient (Wildman–Crippen LogP) is 6.61. The minimum absolute atomic E-state index is 0.223. The lowest BCUT2D eigenvalue weighted by Gasteiger charge is -2.23. The third-order valence-electron chi connectivity index (χ3n) is 5.24. The molecule has 0 aliphatic rings. The Kier molecular flexibility index (Phi) is 4.88. The fraction of sp³-hybridized carbons (Fsp3) is 0.174. The van der Waals surface area contributed by atoms with Crippen molar-refractivity contribution in [2.75, 3.05) is 0 Å². The Hall–Kier alpha value is -2.58. The number of halogens is 1. The van der Waals surface area contributed by atoms with Crippen molar-refractivity contribution in [2.24, 2.45) is 0 Å². The van der Waals surface area contributed by atoms with Crippen LogP contribution in [0.15, 0.2) is 48.5 Å². The van der Waals surface area contributed by atoms with Crippen molar-refractivity contribution in [3.63, 3.8) is 0 Å². The van der Waals surface area contributed by atoms with Crippen molar-refractivity contribution in [2.45, 2.75) is 27.7 Å². The van der Waals surface area contributed by atoms with Crippen LogP contribution < -0.4 is 0 Å². The number of carboxylic acid groups (broad SMARTS) is 1. The van der Waals surface area contributed by atoms with Crippen LogP contribution in [-0.4, -0.2) is 11.1 Å². The zero-order chi connectivity index (χ0) is 19.0. The molecule has 1 N–H and O–H groups in total. The monoisotopic (exact) mass is 364 g/mol. The average molecular weight is 365 g/mol. The Bertz CT molecular complexity index is 1000. The van der Waals surface area contributed by atoms with Crippen LogP contribution in [0, 0.1) is 27.7 Å². The molecule has 0 aliphatic heterocycles. The number of benzene rings is 3. The van der Waals surface area contributed by atoms with Crippen molar-refractivity contribution in [3.8, 4) is 22.3 Å². The summed E-state index contributed by atoms with van der Waals surface area (Å²) < 4.78 is 0. The molecule has 0 aromatic heterocycles. The van der Waals surface area contributed by atoms with Gasteiger partial charge in [-0.25, -0.2) is 4.79 Å². The van der Waals surface area contributed by atoms with E-state index >= 15 is 0 Å². The topological polar surface area (TPSA) is 37.3 Å². The summed E-state index contributed by atoms with van der Waals surface area (Å²) in [7, 11) is 0. The molecule has 3 rings (SSSR count). The molecule has 0 atom stereocenters. The minimum Gasteiger partial charge on any atom is -0.478 e. The van der Waals surface area contributed by atoms with Gasteiger partial charge in [-0.3, -0.25) is 0 Å². The van der Waals surface area contributed by atoms with Gasteiger partial charge in [0.15, 0.2) is 0 Å². The standard InChI is InChI=1S/C23H21ClO2/c1-13-14(2)16(4)21(20(15(13)3)17-9-6-5-7-10-17)22-18(23(25)26)11-8-12-19(22)24/h5-12H,1-4H3,(H,25,26). The minimum atomic E-state index is -0.975. The fourth-order valence-electron chi connectivity index (χ4n) is 3.55. The van der Waals surface area contributed by atoms with Crippen molar-refractivity contribution in [3.05, 3.63) is 81.4 Å². The van der Waals surface area contributed by atoms with E-state index in [-0.39, 0.29) is 5.56 Å². The van der Waals surface area contributed by atoms with Gasteiger partial charge >= 0.3 is 5.97 Å². The largest absolute Gasteiger partial charge is 0.478 e. The first kappa shape index (κ1) is 18.2. The second-order valence-corrected chi connectivity index (χ2v) is 6.99. The molecule has 3 aromatic carbocycles. The first-order valence-corrected chi connectivity index (χ1v) is 8.90. The van der Waals surface area contributed by atoms with Gasteiger partial charge in [-0.2, -0.15) is 0 Å². The molecule has 0 unspecified atom stereocenters. The van der Waals surface area contributed by atoms with E-state index in [0.29, 0.717) is 10.6 Å². The first-order valence-electron chi connectivity index (χ1n) is 8.52. The van der Waals surface area contributed by atoms with Crippen LogP contribution in [0.3, 0.4) is 0 Å². The van der Waals surface area contributed by atoms with E-state index in [1.54, 1.807) is 18.2 Å². The lowest BCUT2D eigenvalue weighted by atomic mass is 9.81. The summed E-state index contributed by atoms with van der Waals surface area (Å²) in [6, 6.07) is 15.1. The van der Waals surface area contributed by atoms with E-state index in [0.717, 1.165) is 33.4 Å². The van der Waals surface area contributed by atoms with Crippen LogP contribution >= 0.6 is 11.6 Å². The Morgan fingerprint density at radius 3 is 1.88 bits per heavy atom. The second kappa shape index (κ2) is 6.97. The van der Waals surface area contributed by atoms with Crippen LogP contribution in [-0.2, 0) is 0 Å². The molecule has 0 radical (unpaired) electrons. The van der Waals surface area contributed by atoms with Crippen molar-refractivity contribution in [1.82, 2.24) is 0 Å². The number of aromatic carboxylic acids is 1. The van der Waals surface area contributed by atoms with Crippen LogP contribution in [0.25, 0.3) is 22.3 Å². The van der Waals surface area contributed by atoms with Gasteiger partial charge in [0.25, 0.3) is 0 Å². The Morgan fingerprint density at radius 2 is 1.31 bits per heavy atom. The molecule has 0 bridgehead atoms. The molecule has 132 valence electrons. The average Bonchev–Trinajstić information content (AvgIpc) is 2.63. The molecular formula is C23H21ClO2. The number of hydrogen-bond donors (Lipinski definition) is 1. The zero-order valence-corrected chi connectivity index (χ0v) is 16.1. The number of carbonyl (C=O) groups is 1. The number of hydrogen-bond acceptors (Lipinski definition) is 1. The molecule has 3 heteroatoms. The smallest absolute Gasteiger partial charge is 0.336 e. The highest BCUT2D eigenvalue weighted by Crippen LogP contribution is 2.44. The van der Waals surface area contributed by atoms with Crippen LogP contribution in [0.2, 0.25) is 5.02 Å². The molecule has 0 spiro atoms. The van der Waals surface area contributed by atoms with Gasteiger partial charge in [-0.05, 0) is 78.8 Å². The molecule has 0 saturated carbocycles. The highest BCUT2D eigenvalue weighted by Gasteiger charge is 2.23. The molecule has 3 aromatic rings. The Morgan fingerprint density at radius 1 is 0.731 bits per heavy atom. The van der Waals surface area contributed by atoms with Gasteiger partial charge in [-0.1, -0.05) is 48.0 Å². The summed E-state index contributed by atoms with van der Waals surface area (Å²) in [5.74, 6) is -0.975. The maximum Gasteiger partial charge on any atom is 0.336 e. The molecule has 0 aliphatic carbocycles. The maximum atomic E-state index is 11.9. The molecule has 0 fully saturated rings. The van der Waals surface area contributed by atoms with Crippen LogP contribution in [0.1, 0.15) is 32.6 Å². The molecule has 0 amide bonds. The lowest BCUT2D eigenvalue weighted by Crippen LogP contribution is -2.05. The van der Waals surface area contributed by atoms with E-state index in [9.17, 15) is 9.90 Å². The van der Waals surface area contributed by atoms with Gasteiger partial charge < -0.3 is 5.11 Å². The first-order chi connectivity index (χ1) is 12.3. The highest BCUT2D eigenvalue weighted by molar-refractivity contribution is 6.34. The van der Waals surface area contributed by atoms with E-state index < -0.39 is 5.97 Å². The maximum absolute atomic E-state index is 11.9. The number of rotatable bonds is 3. The summed E-state index contributed by atoms with van der Waals surface area (Å²) in [6.45, 7) is 8.31. The SMILES string of the molecule is Cc1c(C)c(C)c(-c2c(Cl)cccc2C(=O)O)c(-c2ccccc2)c1C. The van der Waals surface area contributed by atoms with Crippen LogP contribution in [0.4, 0.5) is 0 Å². The molecule has 2 nitrogen and oxygen atoms in total. The third-order valence-corrected chi connectivity index (χ3v) is 5.56. The molecule has 26 heavy (non-hydrogen) atoms. The van der Waals surface area contributed by atoms with Crippen molar-refractivity contribution >= 4 is 17.6 Å². The van der Waals surface area contributed by atoms with Crippen molar-refractivity contribution in [1.29, 1.82) is 0 Å². The normalized spacial score (nSPS) is 10.8. The fourth-order valence-corrected chi connectivity index (χ4v) is 3.82. The van der Waals surface area contributed by atoms with Gasteiger partial charge in [0.2, 0.25) is 0 Å². The van der Waals surface area contributed by atoms with Crippen molar-refractivity contribution < 1.29 is 9.90 Å². The zero-order valence-electron chi connectivity index (χ0n) is 15.4.